The maximum absolute atomic E-state index is 13.4. The van der Waals surface area contributed by atoms with Gasteiger partial charge in [0.15, 0.2) is 0 Å². The molecule has 28 heavy (non-hydrogen) atoms. The van der Waals surface area contributed by atoms with Gasteiger partial charge in [-0.25, -0.2) is 23.5 Å². The molecule has 7 nitrogen and oxygen atoms in total. The van der Waals surface area contributed by atoms with Gasteiger partial charge in [-0.1, -0.05) is 0 Å². The Kier molecular flexibility index (Phi) is 5.77. The molecule has 0 aliphatic heterocycles. The Hall–Kier alpha value is -2.00. The molecule has 2 aliphatic rings. The van der Waals surface area contributed by atoms with Crippen LogP contribution in [0.25, 0.3) is 5.78 Å². The van der Waals surface area contributed by atoms with E-state index in [2.05, 4.69) is 15.3 Å². The molecule has 2 aromatic rings. The van der Waals surface area contributed by atoms with Crippen molar-refractivity contribution in [1.29, 1.82) is 0 Å². The first kappa shape index (κ1) is 20.7. The molecule has 1 amide bonds. The van der Waals surface area contributed by atoms with Gasteiger partial charge in [0.2, 0.25) is 11.7 Å². The third-order valence-corrected chi connectivity index (χ3v) is 5.67. The number of halogens is 3. The molecular weight excluding hydrogens is 392 g/mol. The highest BCUT2D eigenvalue weighted by atomic mass is 35.5. The van der Waals surface area contributed by atoms with Gasteiger partial charge in [0.1, 0.15) is 0 Å². The van der Waals surface area contributed by atoms with E-state index in [1.165, 1.54) is 0 Å². The molecule has 0 bridgehead atoms. The van der Waals surface area contributed by atoms with Crippen molar-refractivity contribution in [3.63, 3.8) is 0 Å². The number of alkyl halides is 2. The number of amides is 1. The van der Waals surface area contributed by atoms with Crippen LogP contribution in [0.4, 0.5) is 13.6 Å². The minimum absolute atomic E-state index is 0. The number of hydrogen-bond donors (Lipinski definition) is 3. The van der Waals surface area contributed by atoms with E-state index < -0.39 is 18.1 Å². The summed E-state index contributed by atoms with van der Waals surface area (Å²) < 4.78 is 28.5. The molecule has 2 aliphatic carbocycles. The van der Waals surface area contributed by atoms with Gasteiger partial charge in [0, 0.05) is 25.2 Å². The fourth-order valence-corrected chi connectivity index (χ4v) is 3.90. The van der Waals surface area contributed by atoms with Gasteiger partial charge in [0.05, 0.1) is 23.5 Å². The second kappa shape index (κ2) is 7.79. The van der Waals surface area contributed by atoms with Gasteiger partial charge in [-0.05, 0) is 43.6 Å². The quantitative estimate of drug-likeness (QED) is 0.690. The van der Waals surface area contributed by atoms with Crippen molar-refractivity contribution in [3.8, 4) is 0 Å². The van der Waals surface area contributed by atoms with E-state index in [-0.39, 0.29) is 43.1 Å². The maximum atomic E-state index is 13.4. The second-order valence-corrected chi connectivity index (χ2v) is 7.71. The number of carbonyl (C=O) groups is 1. The summed E-state index contributed by atoms with van der Waals surface area (Å²) in [5, 5.41) is 11.6. The van der Waals surface area contributed by atoms with Crippen LogP contribution in [0, 0.1) is 11.8 Å². The smallest absolute Gasteiger partial charge is 0.405 e. The van der Waals surface area contributed by atoms with Gasteiger partial charge in [0.25, 0.3) is 0 Å². The van der Waals surface area contributed by atoms with Crippen molar-refractivity contribution < 1.29 is 18.7 Å². The summed E-state index contributed by atoms with van der Waals surface area (Å²) in [5.74, 6) is -1.91. The van der Waals surface area contributed by atoms with Gasteiger partial charge < -0.3 is 16.2 Å². The Bertz CT molecular complexity index is 848. The summed E-state index contributed by atoms with van der Waals surface area (Å²) in [6.45, 7) is 0. The summed E-state index contributed by atoms with van der Waals surface area (Å²) in [7, 11) is 0. The molecule has 0 aromatic carbocycles. The van der Waals surface area contributed by atoms with Crippen LogP contribution < -0.4 is 11.1 Å². The molecule has 4 N–H and O–H groups in total. The molecule has 4 rings (SSSR count). The molecule has 0 radical (unpaired) electrons. The van der Waals surface area contributed by atoms with E-state index >= 15 is 0 Å². The number of rotatable bonds is 5. The molecule has 2 heterocycles. The van der Waals surface area contributed by atoms with E-state index in [0.717, 1.165) is 12.8 Å². The molecule has 2 saturated carbocycles. The van der Waals surface area contributed by atoms with Crippen LogP contribution in [0.3, 0.4) is 0 Å². The minimum atomic E-state index is -2.58. The summed E-state index contributed by atoms with van der Waals surface area (Å²) in [6.07, 6.45) is 4.92. The third-order valence-electron chi connectivity index (χ3n) is 5.67. The third kappa shape index (κ3) is 4.35. The molecular formula is C18H24ClF2N5O2. The lowest BCUT2D eigenvalue weighted by Crippen LogP contribution is -2.31. The normalized spacial score (nSPS) is 21.7. The van der Waals surface area contributed by atoms with Crippen molar-refractivity contribution in [2.45, 2.75) is 56.5 Å². The van der Waals surface area contributed by atoms with Crippen LogP contribution in [-0.2, 0) is 0 Å². The van der Waals surface area contributed by atoms with Crippen molar-refractivity contribution in [2.75, 3.05) is 0 Å². The van der Waals surface area contributed by atoms with E-state index in [0.29, 0.717) is 30.0 Å². The number of imidazole rings is 1. The van der Waals surface area contributed by atoms with Crippen LogP contribution >= 0.6 is 12.4 Å². The highest BCUT2D eigenvalue weighted by molar-refractivity contribution is 5.85. The number of aromatic nitrogens is 3. The summed E-state index contributed by atoms with van der Waals surface area (Å²) in [5.41, 5.74) is 7.57. The number of hydrogen-bond acceptors (Lipinski definition) is 4. The Balaban J connectivity index is 0.00000225. The first-order valence-corrected chi connectivity index (χ1v) is 9.31. The molecule has 1 unspecified atom stereocenters. The van der Waals surface area contributed by atoms with Crippen LogP contribution in [0.15, 0.2) is 18.5 Å². The number of carboxylic acid groups (broad SMARTS) is 1. The van der Waals surface area contributed by atoms with Crippen molar-refractivity contribution in [1.82, 2.24) is 19.7 Å². The standard InChI is InChI=1S/C18H23F2N5O2.ClH/c19-18(20)6-3-10(4-7-18)14(21)13-9-25-8-5-12(22-16(25)23-13)15(11-1-2-11)24-17(26)27;/h5,8-11,14-15,24H,1-4,6-7,21H2,(H,26,27);1H/t14?,15-;/m1./s1. The number of nitrogens with two attached hydrogens (primary N) is 1. The van der Waals surface area contributed by atoms with Crippen molar-refractivity contribution in [2.24, 2.45) is 17.6 Å². The summed E-state index contributed by atoms with van der Waals surface area (Å²) in [4.78, 5) is 20.1. The number of fused-ring (bicyclic) bond motifs is 1. The average molecular weight is 416 g/mol. The van der Waals surface area contributed by atoms with Crippen molar-refractivity contribution in [3.05, 3.63) is 29.8 Å². The van der Waals surface area contributed by atoms with Gasteiger partial charge in [-0.3, -0.25) is 4.40 Å². The maximum Gasteiger partial charge on any atom is 0.405 e. The average Bonchev–Trinajstić information content (AvgIpc) is 3.36. The number of nitrogens with one attached hydrogen (secondary N) is 1. The molecule has 154 valence electrons. The first-order chi connectivity index (χ1) is 12.8. The zero-order valence-electron chi connectivity index (χ0n) is 15.2. The van der Waals surface area contributed by atoms with Crippen molar-refractivity contribution >= 4 is 24.3 Å². The lowest BCUT2D eigenvalue weighted by molar-refractivity contribution is -0.0484. The predicted molar refractivity (Wildman–Crippen MR) is 101 cm³/mol. The molecule has 0 spiro atoms. The zero-order valence-corrected chi connectivity index (χ0v) is 16.0. The van der Waals surface area contributed by atoms with Gasteiger partial charge in [-0.15, -0.1) is 12.4 Å². The molecule has 0 saturated heterocycles. The number of nitrogens with zero attached hydrogens (tertiary/aromatic N) is 3. The van der Waals surface area contributed by atoms with Crippen LogP contribution in [-0.4, -0.2) is 31.5 Å². The molecule has 2 aromatic heterocycles. The largest absolute Gasteiger partial charge is 0.465 e. The highest BCUT2D eigenvalue weighted by Gasteiger charge is 2.38. The zero-order chi connectivity index (χ0) is 19.2. The lowest BCUT2D eigenvalue weighted by Gasteiger charge is -2.31. The monoisotopic (exact) mass is 415 g/mol. The van der Waals surface area contributed by atoms with Gasteiger partial charge in [-0.2, -0.15) is 0 Å². The molecule has 2 fully saturated rings. The Labute approximate surface area is 167 Å². The topological polar surface area (TPSA) is 106 Å². The first-order valence-electron chi connectivity index (χ1n) is 9.31. The van der Waals surface area contributed by atoms with E-state index in [1.54, 1.807) is 22.9 Å². The fourth-order valence-electron chi connectivity index (χ4n) is 3.90. The fraction of sp³-hybridized carbons (Fsp3) is 0.611. The Morgan fingerprint density at radius 3 is 2.46 bits per heavy atom. The van der Waals surface area contributed by atoms with E-state index in [1.807, 2.05) is 0 Å². The molecule has 2 atom stereocenters. The second-order valence-electron chi connectivity index (χ2n) is 7.71. The summed E-state index contributed by atoms with van der Waals surface area (Å²) >= 11 is 0. The Morgan fingerprint density at radius 2 is 1.86 bits per heavy atom. The van der Waals surface area contributed by atoms with Crippen LogP contribution in [0.1, 0.15) is 62.0 Å². The Morgan fingerprint density at radius 1 is 1.21 bits per heavy atom. The van der Waals surface area contributed by atoms with E-state index in [4.69, 9.17) is 10.8 Å². The highest BCUT2D eigenvalue weighted by Crippen LogP contribution is 2.41. The minimum Gasteiger partial charge on any atom is -0.465 e. The van der Waals surface area contributed by atoms with E-state index in [9.17, 15) is 13.6 Å². The van der Waals surface area contributed by atoms with Crippen LogP contribution in [0.5, 0.6) is 0 Å². The van der Waals surface area contributed by atoms with Crippen LogP contribution in [0.2, 0.25) is 0 Å². The predicted octanol–water partition coefficient (Wildman–Crippen LogP) is 3.70. The summed E-state index contributed by atoms with van der Waals surface area (Å²) in [6, 6.07) is 1.02. The molecule has 10 heteroatoms. The lowest BCUT2D eigenvalue weighted by atomic mass is 9.81. The SMILES string of the molecule is Cl.NC(c1cn2ccc([C@H](NC(=O)O)C3CC3)nc2n1)C1CCC(F)(F)CC1. The van der Waals surface area contributed by atoms with Gasteiger partial charge >= 0.3 is 6.09 Å².